The zero-order valence-corrected chi connectivity index (χ0v) is 6.53. The van der Waals surface area contributed by atoms with Gasteiger partial charge in [-0.3, -0.25) is 4.79 Å². The number of ketones is 1. The van der Waals surface area contributed by atoms with Crippen molar-refractivity contribution in [1.82, 2.24) is 0 Å². The van der Waals surface area contributed by atoms with E-state index in [4.69, 9.17) is 0 Å². The average Bonchev–Trinajstić information content (AvgIpc) is 2.09. The maximum atomic E-state index is 12.7. The lowest BCUT2D eigenvalue weighted by molar-refractivity contribution is 0.0672. The van der Waals surface area contributed by atoms with Gasteiger partial charge in [-0.25, -0.2) is 22.0 Å². The number of carbonyl (C=O) groups excluding carboxylic acids is 1. The second-order valence-corrected chi connectivity index (χ2v) is 2.41. The predicted molar refractivity (Wildman–Crippen MR) is 36.7 cm³/mol. The van der Waals surface area contributed by atoms with E-state index in [2.05, 4.69) is 0 Å². The van der Waals surface area contributed by atoms with Crippen molar-refractivity contribution in [1.29, 1.82) is 0 Å². The van der Waals surface area contributed by atoms with Crippen LogP contribution in [0.2, 0.25) is 0 Å². The fourth-order valence-corrected chi connectivity index (χ4v) is 0.853. The summed E-state index contributed by atoms with van der Waals surface area (Å²) in [7, 11) is 0. The lowest BCUT2D eigenvalue weighted by atomic mass is 10.1. The normalized spacial score (nSPS) is 10.7. The zero-order chi connectivity index (χ0) is 10.9. The molecule has 1 rings (SSSR count). The third-order valence-corrected chi connectivity index (χ3v) is 1.46. The van der Waals surface area contributed by atoms with E-state index in [9.17, 15) is 26.7 Å². The van der Waals surface area contributed by atoms with Crippen molar-refractivity contribution >= 4 is 5.78 Å². The average molecular weight is 210 g/mol. The molecule has 0 unspecified atom stereocenters. The van der Waals surface area contributed by atoms with Crippen molar-refractivity contribution in [2.24, 2.45) is 0 Å². The van der Waals surface area contributed by atoms with Crippen LogP contribution in [0.25, 0.3) is 0 Å². The van der Waals surface area contributed by atoms with Crippen molar-refractivity contribution in [2.75, 3.05) is 0 Å². The molecule has 6 heteroatoms. The van der Waals surface area contributed by atoms with Gasteiger partial charge in [-0.15, -0.1) is 0 Å². The Morgan fingerprint density at radius 3 is 2.21 bits per heavy atom. The first-order valence-corrected chi connectivity index (χ1v) is 3.40. The summed E-state index contributed by atoms with van der Waals surface area (Å²) in [4.78, 5) is 10.5. The molecular weight excluding hydrogens is 207 g/mol. The highest BCUT2D eigenvalue weighted by Crippen LogP contribution is 2.17. The van der Waals surface area contributed by atoms with Gasteiger partial charge in [0.15, 0.2) is 11.6 Å². The molecule has 0 aliphatic rings. The number of benzene rings is 1. The van der Waals surface area contributed by atoms with Crippen LogP contribution >= 0.6 is 0 Å². The Bertz CT molecular complexity index is 374. The Morgan fingerprint density at radius 1 is 1.14 bits per heavy atom. The first kappa shape index (κ1) is 10.6. The summed E-state index contributed by atoms with van der Waals surface area (Å²) in [6.45, 7) is 0. The van der Waals surface area contributed by atoms with E-state index in [0.717, 1.165) is 0 Å². The summed E-state index contributed by atoms with van der Waals surface area (Å²) < 4.78 is 61.2. The van der Waals surface area contributed by atoms with Gasteiger partial charge < -0.3 is 0 Å². The molecular formula is C8H3F5O. The van der Waals surface area contributed by atoms with Gasteiger partial charge in [0.05, 0.1) is 5.56 Å². The molecule has 1 nitrogen and oxygen atoms in total. The van der Waals surface area contributed by atoms with Crippen molar-refractivity contribution in [3.63, 3.8) is 0 Å². The summed E-state index contributed by atoms with van der Waals surface area (Å²) in [6, 6.07) is 0.393. The fraction of sp³-hybridized carbons (Fsp3) is 0.125. The molecule has 0 aromatic heterocycles. The Labute approximate surface area is 75.2 Å². The Hall–Kier alpha value is -1.46. The summed E-state index contributed by atoms with van der Waals surface area (Å²) >= 11 is 0. The summed E-state index contributed by atoms with van der Waals surface area (Å²) in [5.41, 5.74) is -1.28. The van der Waals surface area contributed by atoms with Crippen LogP contribution in [0, 0.1) is 17.5 Å². The van der Waals surface area contributed by atoms with Crippen LogP contribution in [-0.2, 0) is 0 Å². The van der Waals surface area contributed by atoms with Gasteiger partial charge in [0.1, 0.15) is 5.82 Å². The summed E-state index contributed by atoms with van der Waals surface area (Å²) in [5, 5.41) is 0. The van der Waals surface area contributed by atoms with Crippen LogP contribution in [0.1, 0.15) is 10.4 Å². The van der Waals surface area contributed by atoms with E-state index >= 15 is 0 Å². The lowest BCUT2D eigenvalue weighted by Gasteiger charge is -2.02. The van der Waals surface area contributed by atoms with Crippen LogP contribution in [0.15, 0.2) is 12.1 Å². The minimum atomic E-state index is -3.49. The van der Waals surface area contributed by atoms with Crippen LogP contribution < -0.4 is 0 Å². The van der Waals surface area contributed by atoms with Crippen LogP contribution in [-0.4, -0.2) is 12.2 Å². The van der Waals surface area contributed by atoms with E-state index in [1.165, 1.54) is 0 Å². The molecule has 0 amide bonds. The maximum absolute atomic E-state index is 12.7. The maximum Gasteiger partial charge on any atom is 0.300 e. The van der Waals surface area contributed by atoms with Crippen LogP contribution in [0.4, 0.5) is 22.0 Å². The summed E-state index contributed by atoms with van der Waals surface area (Å²) in [5.74, 6) is -6.67. The quantitative estimate of drug-likeness (QED) is 0.416. The van der Waals surface area contributed by atoms with Crippen molar-refractivity contribution in [3.8, 4) is 0 Å². The highest BCUT2D eigenvalue weighted by molar-refractivity contribution is 5.98. The molecule has 14 heavy (non-hydrogen) atoms. The van der Waals surface area contributed by atoms with Gasteiger partial charge in [-0.2, -0.15) is 0 Å². The van der Waals surface area contributed by atoms with E-state index in [1.54, 1.807) is 0 Å². The Kier molecular flexibility index (Phi) is 2.83. The van der Waals surface area contributed by atoms with Gasteiger partial charge in [0, 0.05) is 6.07 Å². The van der Waals surface area contributed by atoms with Crippen LogP contribution in [0.5, 0.6) is 0 Å². The van der Waals surface area contributed by atoms with Gasteiger partial charge in [-0.1, -0.05) is 0 Å². The SMILES string of the molecule is O=C(c1cc(F)cc(F)c1F)C(F)F. The molecule has 0 fully saturated rings. The third-order valence-electron chi connectivity index (χ3n) is 1.46. The zero-order valence-electron chi connectivity index (χ0n) is 6.53. The standard InChI is InChI=1S/C8H3F5O/c9-3-1-4(7(14)8(12)13)6(11)5(10)2-3/h1-2,8H. The topological polar surface area (TPSA) is 17.1 Å². The molecule has 0 saturated heterocycles. The number of hydrogen-bond donors (Lipinski definition) is 0. The number of Topliss-reactive ketones (excluding diaryl/α,β-unsaturated/α-hetero) is 1. The second kappa shape index (κ2) is 3.73. The molecule has 1 aromatic rings. The Morgan fingerprint density at radius 2 is 1.71 bits per heavy atom. The number of halogens is 5. The van der Waals surface area contributed by atoms with Crippen LogP contribution in [0.3, 0.4) is 0 Å². The van der Waals surface area contributed by atoms with Crippen molar-refractivity contribution in [2.45, 2.75) is 6.43 Å². The van der Waals surface area contributed by atoms with Crippen molar-refractivity contribution < 1.29 is 26.7 Å². The number of rotatable bonds is 2. The molecule has 0 saturated carbocycles. The first-order valence-electron chi connectivity index (χ1n) is 3.40. The molecule has 0 radical (unpaired) electrons. The predicted octanol–water partition coefficient (Wildman–Crippen LogP) is 2.55. The molecule has 0 heterocycles. The van der Waals surface area contributed by atoms with Gasteiger partial charge in [0.2, 0.25) is 5.78 Å². The molecule has 76 valence electrons. The third kappa shape index (κ3) is 1.89. The highest BCUT2D eigenvalue weighted by atomic mass is 19.3. The van der Waals surface area contributed by atoms with Gasteiger partial charge in [-0.05, 0) is 6.07 Å². The van der Waals surface area contributed by atoms with E-state index in [-0.39, 0.29) is 12.1 Å². The van der Waals surface area contributed by atoms with E-state index < -0.39 is 35.2 Å². The van der Waals surface area contributed by atoms with Gasteiger partial charge in [0.25, 0.3) is 0 Å². The molecule has 0 bridgehead atoms. The minimum Gasteiger partial charge on any atom is -0.288 e. The first-order chi connectivity index (χ1) is 6.43. The number of carbonyl (C=O) groups is 1. The molecule has 0 aliphatic heterocycles. The Balaban J connectivity index is 3.27. The molecule has 1 aromatic carbocycles. The monoisotopic (exact) mass is 210 g/mol. The largest absolute Gasteiger partial charge is 0.300 e. The molecule has 0 atom stereocenters. The number of alkyl halides is 2. The minimum absolute atomic E-state index is 0.164. The van der Waals surface area contributed by atoms with E-state index in [1.807, 2.05) is 0 Å². The van der Waals surface area contributed by atoms with Crippen molar-refractivity contribution in [3.05, 3.63) is 35.1 Å². The molecule has 0 N–H and O–H groups in total. The fourth-order valence-electron chi connectivity index (χ4n) is 0.853. The number of hydrogen-bond acceptors (Lipinski definition) is 1. The van der Waals surface area contributed by atoms with Gasteiger partial charge >= 0.3 is 6.43 Å². The second-order valence-electron chi connectivity index (χ2n) is 2.41. The van der Waals surface area contributed by atoms with E-state index in [0.29, 0.717) is 0 Å². The molecule has 0 spiro atoms. The summed E-state index contributed by atoms with van der Waals surface area (Å²) in [6.07, 6.45) is -3.49. The highest BCUT2D eigenvalue weighted by Gasteiger charge is 2.24. The smallest absolute Gasteiger partial charge is 0.288 e. The lowest BCUT2D eigenvalue weighted by Crippen LogP contribution is -2.13. The molecule has 0 aliphatic carbocycles.